The number of fused-ring (bicyclic) bond motifs is 2. The maximum absolute atomic E-state index is 3.63. The van der Waals surface area contributed by atoms with Crippen LogP contribution in [0.4, 0.5) is 0 Å². The van der Waals surface area contributed by atoms with Gasteiger partial charge in [-0.15, -0.1) is 0 Å². The van der Waals surface area contributed by atoms with Gasteiger partial charge in [0, 0.05) is 0 Å². The number of hydrogen-bond donors (Lipinski definition) is 0. The quantitative estimate of drug-likeness (QED) is 0.305. The molecule has 0 radical (unpaired) electrons. The Morgan fingerprint density at radius 3 is 1.41 bits per heavy atom. The molecule has 0 aliphatic rings. The summed E-state index contributed by atoms with van der Waals surface area (Å²) >= 11 is 0.321. The molecule has 0 spiro atoms. The zero-order valence-electron chi connectivity index (χ0n) is 16.2. The first-order chi connectivity index (χ1) is 14.3. The van der Waals surface area contributed by atoms with E-state index in [-0.39, 0.29) is 0 Å². The Hall–Kier alpha value is -3.12. The topological polar surface area (TPSA) is 0 Å². The Morgan fingerprint density at radius 1 is 0.483 bits per heavy atom. The Kier molecular flexibility index (Phi) is 6.22. The molecule has 0 saturated heterocycles. The second-order valence-corrected chi connectivity index (χ2v) is 8.95. The average molecular weight is 437 g/mol. The molecule has 0 bridgehead atoms. The Labute approximate surface area is 178 Å². The van der Waals surface area contributed by atoms with E-state index in [1.807, 2.05) is 36.4 Å². The molecule has 5 aromatic carbocycles. The second-order valence-electron chi connectivity index (χ2n) is 6.67. The summed E-state index contributed by atoms with van der Waals surface area (Å²) in [6.45, 7) is 3.63. The molecular weight excluding hydrogens is 415 g/mol. The fourth-order valence-corrected chi connectivity index (χ4v) is 5.63. The summed E-state index contributed by atoms with van der Waals surface area (Å²) in [7, 11) is 0. The van der Waals surface area contributed by atoms with E-state index in [1.54, 1.807) is 0 Å². The Morgan fingerprint density at radius 2 is 0.931 bits per heavy atom. The van der Waals surface area contributed by atoms with Crippen molar-refractivity contribution in [2.24, 2.45) is 0 Å². The average Bonchev–Trinajstić information content (AvgIpc) is 2.80. The van der Waals surface area contributed by atoms with E-state index in [9.17, 15) is 0 Å². The van der Waals surface area contributed by atoms with Crippen molar-refractivity contribution in [2.75, 3.05) is 0 Å². The number of hydrogen-bond acceptors (Lipinski definition) is 0. The van der Waals surface area contributed by atoms with Crippen LogP contribution in [0, 0.1) is 0 Å². The Balaban J connectivity index is 0.000000216. The van der Waals surface area contributed by atoms with Crippen LogP contribution in [0.5, 0.6) is 0 Å². The van der Waals surface area contributed by atoms with Crippen molar-refractivity contribution < 1.29 is 0 Å². The van der Waals surface area contributed by atoms with Crippen LogP contribution in [-0.2, 0) is 0 Å². The van der Waals surface area contributed by atoms with Crippen LogP contribution in [0.15, 0.2) is 122 Å². The molecule has 5 rings (SSSR count). The van der Waals surface area contributed by atoms with Crippen LogP contribution in [0.3, 0.4) is 0 Å². The van der Waals surface area contributed by atoms with Gasteiger partial charge >= 0.3 is 130 Å². The summed E-state index contributed by atoms with van der Waals surface area (Å²) in [5.41, 5.74) is 1.17. The molecular formula is C28H22Se. The predicted octanol–water partition coefficient (Wildman–Crippen LogP) is 5.98. The number of benzene rings is 5. The molecule has 0 heterocycles. The van der Waals surface area contributed by atoms with Crippen molar-refractivity contribution in [2.45, 2.75) is 0 Å². The van der Waals surface area contributed by atoms with Crippen molar-refractivity contribution in [1.29, 1.82) is 0 Å². The van der Waals surface area contributed by atoms with Gasteiger partial charge in [0.05, 0.1) is 0 Å². The molecule has 0 N–H and O–H groups in total. The van der Waals surface area contributed by atoms with Gasteiger partial charge < -0.3 is 0 Å². The molecule has 140 valence electrons. The van der Waals surface area contributed by atoms with Gasteiger partial charge in [-0.3, -0.25) is 0 Å². The van der Waals surface area contributed by atoms with Gasteiger partial charge in [-0.05, 0) is 5.56 Å². The summed E-state index contributed by atoms with van der Waals surface area (Å²) in [4.78, 5) is 0. The first-order valence-corrected chi connectivity index (χ1v) is 11.4. The zero-order valence-corrected chi connectivity index (χ0v) is 17.9. The first-order valence-electron chi connectivity index (χ1n) is 9.66. The van der Waals surface area contributed by atoms with Gasteiger partial charge in [0.2, 0.25) is 0 Å². The van der Waals surface area contributed by atoms with E-state index in [1.165, 1.54) is 36.0 Å². The van der Waals surface area contributed by atoms with Crippen molar-refractivity contribution in [3.63, 3.8) is 0 Å². The summed E-state index contributed by atoms with van der Waals surface area (Å²) in [6.07, 6.45) is 1.83. The van der Waals surface area contributed by atoms with Crippen LogP contribution < -0.4 is 8.92 Å². The van der Waals surface area contributed by atoms with Crippen LogP contribution in [0.25, 0.3) is 27.6 Å². The van der Waals surface area contributed by atoms with E-state index >= 15 is 0 Å². The van der Waals surface area contributed by atoms with E-state index in [0.717, 1.165) is 0 Å². The summed E-state index contributed by atoms with van der Waals surface area (Å²) in [6, 6.07) is 40.6. The predicted molar refractivity (Wildman–Crippen MR) is 129 cm³/mol. The molecule has 0 nitrogen and oxygen atoms in total. The summed E-state index contributed by atoms with van der Waals surface area (Å²) < 4.78 is 2.91. The van der Waals surface area contributed by atoms with E-state index in [2.05, 4.69) is 91.5 Å². The van der Waals surface area contributed by atoms with Gasteiger partial charge in [-0.1, -0.05) is 43.0 Å². The SMILES string of the molecule is C=Cc1ccccc1.c1ccc2c([Se]c3cccc4ccccc34)cccc2c1. The third-order valence-corrected chi connectivity index (χ3v) is 7.17. The van der Waals surface area contributed by atoms with Crippen molar-refractivity contribution in [3.05, 3.63) is 127 Å². The number of rotatable bonds is 3. The monoisotopic (exact) mass is 438 g/mol. The molecule has 0 aromatic heterocycles. The standard InChI is InChI=1S/C20H14Se.C8H8/c1-3-11-17-15(7-1)9-5-13-19(17)21-20-14-6-10-16-8-2-4-12-18(16)20;1-2-8-6-4-3-5-7-8/h1-14H;2-7H,1H2. The molecule has 0 saturated carbocycles. The van der Waals surface area contributed by atoms with Crippen LogP contribution in [0.1, 0.15) is 5.56 Å². The molecule has 0 aliphatic carbocycles. The van der Waals surface area contributed by atoms with Gasteiger partial charge in [0.1, 0.15) is 0 Å². The second kappa shape index (κ2) is 9.39. The summed E-state index contributed by atoms with van der Waals surface area (Å²) in [5, 5.41) is 5.43. The van der Waals surface area contributed by atoms with Gasteiger partial charge in [0.25, 0.3) is 0 Å². The van der Waals surface area contributed by atoms with E-state index in [0.29, 0.717) is 15.0 Å². The van der Waals surface area contributed by atoms with E-state index < -0.39 is 0 Å². The molecule has 29 heavy (non-hydrogen) atoms. The molecule has 0 fully saturated rings. The molecule has 0 unspecified atom stereocenters. The normalized spacial score (nSPS) is 10.3. The third-order valence-electron chi connectivity index (χ3n) is 4.75. The van der Waals surface area contributed by atoms with Crippen molar-refractivity contribution in [1.82, 2.24) is 0 Å². The Bertz CT molecular complexity index is 1150. The minimum absolute atomic E-state index is 0.321. The molecule has 5 aromatic rings. The van der Waals surface area contributed by atoms with Crippen LogP contribution in [0.2, 0.25) is 0 Å². The van der Waals surface area contributed by atoms with Crippen molar-refractivity contribution in [3.8, 4) is 0 Å². The maximum atomic E-state index is 3.63. The van der Waals surface area contributed by atoms with Gasteiger partial charge in [0.15, 0.2) is 0 Å². The van der Waals surface area contributed by atoms with Crippen LogP contribution in [-0.4, -0.2) is 15.0 Å². The van der Waals surface area contributed by atoms with Crippen molar-refractivity contribution >= 4 is 51.5 Å². The molecule has 0 atom stereocenters. The molecule has 0 aliphatic heterocycles. The minimum atomic E-state index is 0.321. The van der Waals surface area contributed by atoms with E-state index in [4.69, 9.17) is 0 Å². The molecule has 1 heteroatoms. The fraction of sp³-hybridized carbons (Fsp3) is 0. The summed E-state index contributed by atoms with van der Waals surface area (Å²) in [5.74, 6) is 0. The van der Waals surface area contributed by atoms with Gasteiger partial charge in [-0.2, -0.15) is 0 Å². The van der Waals surface area contributed by atoms with Gasteiger partial charge in [-0.25, -0.2) is 0 Å². The first kappa shape index (κ1) is 19.2. The molecule has 0 amide bonds. The fourth-order valence-electron chi connectivity index (χ4n) is 3.28. The zero-order chi connectivity index (χ0) is 19.9. The van der Waals surface area contributed by atoms with Crippen LogP contribution >= 0.6 is 0 Å². The third kappa shape index (κ3) is 4.66.